The monoisotopic (exact) mass is 244 g/mol. The molecule has 3 rings (SSSR count). The Balaban J connectivity index is 1.63. The average Bonchev–Trinajstić information content (AvgIpc) is 2.66. The van der Waals surface area contributed by atoms with Crippen LogP contribution in [0.2, 0.25) is 0 Å². The number of piperazine rings is 1. The number of hydrogen-bond acceptors (Lipinski definition) is 2. The maximum atomic E-state index is 11.9. The zero-order chi connectivity index (χ0) is 12.5. The smallest absolute Gasteiger partial charge is 0.225 e. The van der Waals surface area contributed by atoms with Gasteiger partial charge in [-0.15, -0.1) is 0 Å². The van der Waals surface area contributed by atoms with Crippen molar-refractivity contribution in [2.24, 2.45) is 5.92 Å². The lowest BCUT2D eigenvalue weighted by atomic mass is 10.1. The van der Waals surface area contributed by atoms with E-state index in [1.165, 1.54) is 5.56 Å². The molecule has 96 valence electrons. The fourth-order valence-electron chi connectivity index (χ4n) is 3.19. The SMILES string of the molecule is CC1CC2CN(Cc3ccccc3)CCN2C1=O. The van der Waals surface area contributed by atoms with Crippen LogP contribution in [-0.2, 0) is 11.3 Å². The molecular formula is C15H20N2O. The van der Waals surface area contributed by atoms with Crippen molar-refractivity contribution < 1.29 is 4.79 Å². The van der Waals surface area contributed by atoms with Crippen LogP contribution in [0.5, 0.6) is 0 Å². The number of carbonyl (C=O) groups is 1. The molecule has 2 fully saturated rings. The van der Waals surface area contributed by atoms with Crippen LogP contribution in [-0.4, -0.2) is 41.4 Å². The molecule has 1 amide bonds. The molecule has 0 radical (unpaired) electrons. The topological polar surface area (TPSA) is 23.6 Å². The molecule has 2 unspecified atom stereocenters. The molecule has 0 aliphatic carbocycles. The molecule has 2 atom stereocenters. The summed E-state index contributed by atoms with van der Waals surface area (Å²) in [6.07, 6.45) is 1.03. The minimum atomic E-state index is 0.228. The van der Waals surface area contributed by atoms with Gasteiger partial charge in [0.15, 0.2) is 0 Å². The largest absolute Gasteiger partial charge is 0.337 e. The molecule has 3 heteroatoms. The number of fused-ring (bicyclic) bond motifs is 1. The van der Waals surface area contributed by atoms with Gasteiger partial charge in [-0.2, -0.15) is 0 Å². The maximum Gasteiger partial charge on any atom is 0.225 e. The summed E-state index contributed by atoms with van der Waals surface area (Å²) in [6.45, 7) is 6.01. The molecular weight excluding hydrogens is 224 g/mol. The molecule has 3 nitrogen and oxygen atoms in total. The van der Waals surface area contributed by atoms with Crippen LogP contribution in [0, 0.1) is 5.92 Å². The van der Waals surface area contributed by atoms with E-state index >= 15 is 0 Å². The zero-order valence-corrected chi connectivity index (χ0v) is 10.9. The van der Waals surface area contributed by atoms with Crippen LogP contribution in [0.1, 0.15) is 18.9 Å². The second-order valence-corrected chi connectivity index (χ2v) is 5.54. The zero-order valence-electron chi connectivity index (χ0n) is 10.9. The Morgan fingerprint density at radius 3 is 2.78 bits per heavy atom. The first-order valence-corrected chi connectivity index (χ1v) is 6.81. The van der Waals surface area contributed by atoms with Gasteiger partial charge in [-0.3, -0.25) is 9.69 Å². The Kier molecular flexibility index (Phi) is 3.08. The third-order valence-corrected chi connectivity index (χ3v) is 4.15. The molecule has 2 aliphatic heterocycles. The second kappa shape index (κ2) is 4.73. The molecule has 0 spiro atoms. The fourth-order valence-corrected chi connectivity index (χ4v) is 3.19. The van der Waals surface area contributed by atoms with Gasteiger partial charge in [-0.1, -0.05) is 37.3 Å². The van der Waals surface area contributed by atoms with E-state index in [-0.39, 0.29) is 5.92 Å². The third kappa shape index (κ3) is 2.15. The van der Waals surface area contributed by atoms with Gasteiger partial charge in [0.05, 0.1) is 0 Å². The summed E-state index contributed by atoms with van der Waals surface area (Å²) in [5.41, 5.74) is 1.36. The first-order valence-electron chi connectivity index (χ1n) is 6.81. The molecule has 2 aliphatic rings. The van der Waals surface area contributed by atoms with Gasteiger partial charge >= 0.3 is 0 Å². The minimum Gasteiger partial charge on any atom is -0.337 e. The van der Waals surface area contributed by atoms with E-state index in [9.17, 15) is 4.79 Å². The third-order valence-electron chi connectivity index (χ3n) is 4.15. The van der Waals surface area contributed by atoms with Crippen molar-refractivity contribution in [3.8, 4) is 0 Å². The summed E-state index contributed by atoms with van der Waals surface area (Å²) in [4.78, 5) is 16.5. The molecule has 18 heavy (non-hydrogen) atoms. The Morgan fingerprint density at radius 1 is 1.22 bits per heavy atom. The lowest BCUT2D eigenvalue weighted by Crippen LogP contribution is -2.51. The number of rotatable bonds is 2. The van der Waals surface area contributed by atoms with E-state index in [2.05, 4.69) is 47.1 Å². The van der Waals surface area contributed by atoms with Crippen LogP contribution in [0.4, 0.5) is 0 Å². The molecule has 0 aromatic heterocycles. The van der Waals surface area contributed by atoms with Crippen LogP contribution in [0.25, 0.3) is 0 Å². The van der Waals surface area contributed by atoms with E-state index < -0.39 is 0 Å². The molecule has 0 bridgehead atoms. The molecule has 1 aromatic carbocycles. The highest BCUT2D eigenvalue weighted by molar-refractivity contribution is 5.81. The Hall–Kier alpha value is -1.35. The summed E-state index contributed by atoms with van der Waals surface area (Å²) in [5, 5.41) is 0. The second-order valence-electron chi connectivity index (χ2n) is 5.54. The molecule has 0 N–H and O–H groups in total. The average molecular weight is 244 g/mol. The van der Waals surface area contributed by atoms with Gasteiger partial charge in [-0.25, -0.2) is 0 Å². The van der Waals surface area contributed by atoms with Crippen molar-refractivity contribution in [1.82, 2.24) is 9.80 Å². The Labute approximate surface area is 108 Å². The summed E-state index contributed by atoms with van der Waals surface area (Å²) in [7, 11) is 0. The molecule has 0 saturated carbocycles. The molecule has 2 saturated heterocycles. The highest BCUT2D eigenvalue weighted by atomic mass is 16.2. The van der Waals surface area contributed by atoms with Crippen molar-refractivity contribution in [1.29, 1.82) is 0 Å². The summed E-state index contributed by atoms with van der Waals surface area (Å²) in [5.74, 6) is 0.589. The van der Waals surface area contributed by atoms with Crippen molar-refractivity contribution in [3.05, 3.63) is 35.9 Å². The number of benzene rings is 1. The standard InChI is InChI=1S/C15H20N2O/c1-12-9-14-11-16(7-8-17(14)15(12)18)10-13-5-3-2-4-6-13/h2-6,12,14H,7-11H2,1H3. The first-order chi connectivity index (χ1) is 8.74. The van der Waals surface area contributed by atoms with Gasteiger partial charge in [-0.05, 0) is 12.0 Å². The van der Waals surface area contributed by atoms with Crippen LogP contribution in [0.3, 0.4) is 0 Å². The Morgan fingerprint density at radius 2 is 2.00 bits per heavy atom. The molecule has 2 heterocycles. The van der Waals surface area contributed by atoms with Crippen molar-refractivity contribution >= 4 is 5.91 Å². The van der Waals surface area contributed by atoms with Crippen LogP contribution < -0.4 is 0 Å². The van der Waals surface area contributed by atoms with E-state index in [1.807, 2.05) is 0 Å². The highest BCUT2D eigenvalue weighted by Gasteiger charge is 2.39. The van der Waals surface area contributed by atoms with Gasteiger partial charge < -0.3 is 4.90 Å². The Bertz CT molecular complexity index is 431. The normalized spacial score (nSPS) is 28.5. The fraction of sp³-hybridized carbons (Fsp3) is 0.533. The van der Waals surface area contributed by atoms with Gasteiger partial charge in [0.2, 0.25) is 5.91 Å². The van der Waals surface area contributed by atoms with Crippen molar-refractivity contribution in [2.45, 2.75) is 25.9 Å². The van der Waals surface area contributed by atoms with E-state index in [1.54, 1.807) is 0 Å². The minimum absolute atomic E-state index is 0.228. The van der Waals surface area contributed by atoms with Crippen molar-refractivity contribution in [3.63, 3.8) is 0 Å². The first kappa shape index (κ1) is 11.7. The van der Waals surface area contributed by atoms with Crippen LogP contribution >= 0.6 is 0 Å². The summed E-state index contributed by atoms with van der Waals surface area (Å²) >= 11 is 0. The summed E-state index contributed by atoms with van der Waals surface area (Å²) < 4.78 is 0. The number of amides is 1. The molecule has 1 aromatic rings. The van der Waals surface area contributed by atoms with Gasteiger partial charge in [0.25, 0.3) is 0 Å². The quantitative estimate of drug-likeness (QED) is 0.791. The predicted octanol–water partition coefficient (Wildman–Crippen LogP) is 1.74. The number of nitrogens with zero attached hydrogens (tertiary/aromatic N) is 2. The van der Waals surface area contributed by atoms with Gasteiger partial charge in [0, 0.05) is 38.1 Å². The van der Waals surface area contributed by atoms with Crippen molar-refractivity contribution in [2.75, 3.05) is 19.6 Å². The van der Waals surface area contributed by atoms with Crippen LogP contribution in [0.15, 0.2) is 30.3 Å². The van der Waals surface area contributed by atoms with E-state index in [0.717, 1.165) is 32.6 Å². The maximum absolute atomic E-state index is 11.9. The van der Waals surface area contributed by atoms with E-state index in [4.69, 9.17) is 0 Å². The van der Waals surface area contributed by atoms with E-state index in [0.29, 0.717) is 11.9 Å². The lowest BCUT2D eigenvalue weighted by Gasteiger charge is -2.37. The predicted molar refractivity (Wildman–Crippen MR) is 71.0 cm³/mol. The van der Waals surface area contributed by atoms with Gasteiger partial charge in [0.1, 0.15) is 0 Å². The number of hydrogen-bond donors (Lipinski definition) is 0. The number of carbonyl (C=O) groups excluding carboxylic acids is 1. The highest BCUT2D eigenvalue weighted by Crippen LogP contribution is 2.27. The lowest BCUT2D eigenvalue weighted by molar-refractivity contribution is -0.133. The summed E-state index contributed by atoms with van der Waals surface area (Å²) in [6, 6.07) is 11.0.